The van der Waals surface area contributed by atoms with Gasteiger partial charge in [-0.25, -0.2) is 0 Å². The Morgan fingerprint density at radius 2 is 2.00 bits per heavy atom. The molecule has 2 unspecified atom stereocenters. The Balaban J connectivity index is 1.50. The van der Waals surface area contributed by atoms with Crippen molar-refractivity contribution in [3.8, 4) is 5.75 Å². The molecule has 0 amide bonds. The summed E-state index contributed by atoms with van der Waals surface area (Å²) in [4.78, 5) is 0. The van der Waals surface area contributed by atoms with Crippen molar-refractivity contribution in [1.29, 1.82) is 0 Å². The van der Waals surface area contributed by atoms with Crippen molar-refractivity contribution in [2.24, 2.45) is 0 Å². The van der Waals surface area contributed by atoms with Crippen molar-refractivity contribution in [2.75, 3.05) is 25.5 Å². The number of rotatable bonds is 5. The quantitative estimate of drug-likeness (QED) is 0.770. The average molecular weight is 351 g/mol. The lowest BCUT2D eigenvalue weighted by atomic mass is 9.92. The summed E-state index contributed by atoms with van der Waals surface area (Å²) in [6.07, 6.45) is 4.73. The Hall–Kier alpha value is -2.04. The second-order valence-corrected chi connectivity index (χ2v) is 7.32. The fourth-order valence-electron chi connectivity index (χ4n) is 4.23. The number of fused-ring (bicyclic) bond motifs is 1. The molecule has 2 aromatic carbocycles. The van der Waals surface area contributed by atoms with Crippen LogP contribution < -0.4 is 20.7 Å². The molecule has 2 aromatic rings. The van der Waals surface area contributed by atoms with E-state index in [1.807, 2.05) is 0 Å². The number of benzene rings is 2. The minimum atomic E-state index is 0.367. The predicted octanol–water partition coefficient (Wildman–Crippen LogP) is 3.64. The van der Waals surface area contributed by atoms with Crippen molar-refractivity contribution in [3.63, 3.8) is 0 Å². The highest BCUT2D eigenvalue weighted by molar-refractivity contribution is 5.59. The number of aryl methyl sites for hydroxylation is 1. The Labute approximate surface area is 156 Å². The molecule has 2 atom stereocenters. The third kappa shape index (κ3) is 3.71. The SMILES string of the molecule is COc1cc2c(cc1CNC1CCCNC1c1ccccc1)NCCC2. The molecule has 4 heteroatoms. The van der Waals surface area contributed by atoms with Crippen LogP contribution in [0.25, 0.3) is 0 Å². The van der Waals surface area contributed by atoms with Crippen LogP contribution in [0.1, 0.15) is 42.0 Å². The summed E-state index contributed by atoms with van der Waals surface area (Å²) >= 11 is 0. The maximum Gasteiger partial charge on any atom is 0.123 e. The lowest BCUT2D eigenvalue weighted by molar-refractivity contribution is 0.303. The molecule has 4 nitrogen and oxygen atoms in total. The maximum atomic E-state index is 5.68. The van der Waals surface area contributed by atoms with Gasteiger partial charge >= 0.3 is 0 Å². The molecule has 0 aliphatic carbocycles. The van der Waals surface area contributed by atoms with Gasteiger partial charge in [0.05, 0.1) is 7.11 Å². The van der Waals surface area contributed by atoms with Gasteiger partial charge in [0, 0.05) is 36.4 Å². The molecular formula is C22H29N3O. The number of piperidine rings is 1. The van der Waals surface area contributed by atoms with Crippen LogP contribution >= 0.6 is 0 Å². The zero-order valence-corrected chi connectivity index (χ0v) is 15.6. The standard InChI is InChI=1S/C22H29N3O/c1-26-21-14-17-9-5-11-23-20(17)13-18(21)15-25-19-10-6-12-24-22(19)16-7-3-2-4-8-16/h2-4,7-8,13-14,19,22-25H,5-6,9-12,15H2,1H3. The Bertz CT molecular complexity index is 732. The van der Waals surface area contributed by atoms with E-state index >= 15 is 0 Å². The zero-order valence-electron chi connectivity index (χ0n) is 15.6. The van der Waals surface area contributed by atoms with E-state index in [1.165, 1.54) is 41.6 Å². The van der Waals surface area contributed by atoms with Crippen LogP contribution in [0.2, 0.25) is 0 Å². The van der Waals surface area contributed by atoms with Crippen molar-refractivity contribution < 1.29 is 4.74 Å². The topological polar surface area (TPSA) is 45.3 Å². The number of hydrogen-bond donors (Lipinski definition) is 3. The van der Waals surface area contributed by atoms with Crippen molar-refractivity contribution in [3.05, 3.63) is 59.2 Å². The summed E-state index contributed by atoms with van der Waals surface area (Å²) < 4.78 is 5.68. The van der Waals surface area contributed by atoms with E-state index in [0.717, 1.165) is 31.8 Å². The highest BCUT2D eigenvalue weighted by Gasteiger charge is 2.26. The summed E-state index contributed by atoms with van der Waals surface area (Å²) in [7, 11) is 1.77. The third-order valence-electron chi connectivity index (χ3n) is 5.62. The second kappa shape index (κ2) is 8.11. The van der Waals surface area contributed by atoms with E-state index in [0.29, 0.717) is 12.1 Å². The van der Waals surface area contributed by atoms with Gasteiger partial charge in [-0.15, -0.1) is 0 Å². The smallest absolute Gasteiger partial charge is 0.123 e. The molecule has 3 N–H and O–H groups in total. The van der Waals surface area contributed by atoms with Crippen LogP contribution in [-0.4, -0.2) is 26.2 Å². The first-order valence-electron chi connectivity index (χ1n) is 9.80. The van der Waals surface area contributed by atoms with Gasteiger partial charge < -0.3 is 20.7 Å². The van der Waals surface area contributed by atoms with E-state index in [2.05, 4.69) is 58.4 Å². The molecule has 2 heterocycles. The van der Waals surface area contributed by atoms with Gasteiger partial charge in [0.15, 0.2) is 0 Å². The van der Waals surface area contributed by atoms with Crippen molar-refractivity contribution in [2.45, 2.75) is 44.3 Å². The van der Waals surface area contributed by atoms with Gasteiger partial charge in [0.2, 0.25) is 0 Å². The van der Waals surface area contributed by atoms with Crippen LogP contribution in [0, 0.1) is 0 Å². The van der Waals surface area contributed by atoms with Crippen LogP contribution in [0.15, 0.2) is 42.5 Å². The van der Waals surface area contributed by atoms with Crippen molar-refractivity contribution in [1.82, 2.24) is 10.6 Å². The summed E-state index contributed by atoms with van der Waals surface area (Å²) in [5, 5.41) is 11.0. The molecule has 1 fully saturated rings. The van der Waals surface area contributed by atoms with Gasteiger partial charge in [-0.2, -0.15) is 0 Å². The van der Waals surface area contributed by atoms with E-state index in [4.69, 9.17) is 4.74 Å². The molecule has 2 aliphatic rings. The molecule has 1 saturated heterocycles. The second-order valence-electron chi connectivity index (χ2n) is 7.32. The van der Waals surface area contributed by atoms with Gasteiger partial charge in [-0.3, -0.25) is 0 Å². The van der Waals surface area contributed by atoms with E-state index in [-0.39, 0.29) is 0 Å². The minimum absolute atomic E-state index is 0.367. The van der Waals surface area contributed by atoms with E-state index in [9.17, 15) is 0 Å². The first kappa shape index (κ1) is 17.4. The highest BCUT2D eigenvalue weighted by atomic mass is 16.5. The average Bonchev–Trinajstić information content (AvgIpc) is 2.72. The summed E-state index contributed by atoms with van der Waals surface area (Å²) in [5.41, 5.74) is 5.25. The van der Waals surface area contributed by atoms with Crippen LogP contribution in [0.5, 0.6) is 5.75 Å². The third-order valence-corrected chi connectivity index (χ3v) is 5.62. The van der Waals surface area contributed by atoms with Gasteiger partial charge in [0.25, 0.3) is 0 Å². The number of methoxy groups -OCH3 is 1. The van der Waals surface area contributed by atoms with E-state index in [1.54, 1.807) is 7.11 Å². The lowest BCUT2D eigenvalue weighted by Crippen LogP contribution is -2.45. The molecule has 0 radical (unpaired) electrons. The monoisotopic (exact) mass is 351 g/mol. The Kier molecular flexibility index (Phi) is 5.42. The molecule has 0 bridgehead atoms. The molecule has 4 rings (SSSR count). The largest absolute Gasteiger partial charge is 0.496 e. The Morgan fingerprint density at radius 1 is 1.12 bits per heavy atom. The highest BCUT2D eigenvalue weighted by Crippen LogP contribution is 2.31. The van der Waals surface area contributed by atoms with Crippen molar-refractivity contribution >= 4 is 5.69 Å². The normalized spacial score (nSPS) is 22.3. The van der Waals surface area contributed by atoms with Crippen LogP contribution in [0.3, 0.4) is 0 Å². The molecule has 0 spiro atoms. The Morgan fingerprint density at radius 3 is 2.85 bits per heavy atom. The summed E-state index contributed by atoms with van der Waals surface area (Å²) in [6.45, 7) is 2.98. The molecule has 0 aromatic heterocycles. The summed E-state index contributed by atoms with van der Waals surface area (Å²) in [6, 6.07) is 16.1. The molecular weight excluding hydrogens is 322 g/mol. The fraction of sp³-hybridized carbons (Fsp3) is 0.455. The molecule has 2 aliphatic heterocycles. The zero-order chi connectivity index (χ0) is 17.8. The van der Waals surface area contributed by atoms with Crippen LogP contribution in [0.4, 0.5) is 5.69 Å². The van der Waals surface area contributed by atoms with Gasteiger partial charge in [0.1, 0.15) is 5.75 Å². The molecule has 0 saturated carbocycles. The summed E-state index contributed by atoms with van der Waals surface area (Å²) in [5.74, 6) is 1.000. The first-order chi connectivity index (χ1) is 12.8. The predicted molar refractivity (Wildman–Crippen MR) is 107 cm³/mol. The maximum absolute atomic E-state index is 5.68. The van der Waals surface area contributed by atoms with Gasteiger partial charge in [-0.05, 0) is 55.5 Å². The first-order valence-corrected chi connectivity index (χ1v) is 9.80. The lowest BCUT2D eigenvalue weighted by Gasteiger charge is -2.34. The van der Waals surface area contributed by atoms with E-state index < -0.39 is 0 Å². The number of ether oxygens (including phenoxy) is 1. The number of anilines is 1. The van der Waals surface area contributed by atoms with Gasteiger partial charge in [-0.1, -0.05) is 30.3 Å². The number of hydrogen-bond acceptors (Lipinski definition) is 4. The minimum Gasteiger partial charge on any atom is -0.496 e. The molecule has 26 heavy (non-hydrogen) atoms. The number of nitrogens with one attached hydrogen (secondary N) is 3. The molecule has 138 valence electrons. The van der Waals surface area contributed by atoms with Crippen LogP contribution in [-0.2, 0) is 13.0 Å². The fourth-order valence-corrected chi connectivity index (χ4v) is 4.23.